The van der Waals surface area contributed by atoms with Crippen molar-refractivity contribution in [1.82, 2.24) is 0 Å². The summed E-state index contributed by atoms with van der Waals surface area (Å²) < 4.78 is 12.2. The Morgan fingerprint density at radius 1 is 1.19 bits per heavy atom. The number of rotatable bonds is 4. The van der Waals surface area contributed by atoms with Gasteiger partial charge in [-0.25, -0.2) is 0 Å². The second-order valence-corrected chi connectivity index (χ2v) is 6.08. The minimum absolute atomic E-state index is 0.192. The fourth-order valence-electron chi connectivity index (χ4n) is 3.57. The van der Waals surface area contributed by atoms with Gasteiger partial charge in [0.05, 0.1) is 11.6 Å². The van der Waals surface area contributed by atoms with Crippen molar-refractivity contribution in [3.8, 4) is 0 Å². The molecule has 114 valence electrons. The summed E-state index contributed by atoms with van der Waals surface area (Å²) in [5.74, 6) is 0.853. The van der Waals surface area contributed by atoms with Crippen LogP contribution >= 0.6 is 0 Å². The number of furan rings is 1. The van der Waals surface area contributed by atoms with E-state index in [-0.39, 0.29) is 11.6 Å². The standard InChI is InChI=1S/C18H25NO2/c1-2-20-18(11-7-3-4-8-12-18)17(19)16-13-14-9-5-6-10-15(14)21-16/h5-6,9-10,13,17H,2-4,7-8,11-12,19H2,1H3. The number of fused-ring (bicyclic) bond motifs is 1. The van der Waals surface area contributed by atoms with Crippen LogP contribution in [0.5, 0.6) is 0 Å². The Balaban J connectivity index is 1.93. The van der Waals surface area contributed by atoms with Crippen LogP contribution in [0.4, 0.5) is 0 Å². The summed E-state index contributed by atoms with van der Waals surface area (Å²) in [5.41, 5.74) is 7.25. The highest BCUT2D eigenvalue weighted by molar-refractivity contribution is 5.77. The van der Waals surface area contributed by atoms with Crippen LogP contribution in [0.2, 0.25) is 0 Å². The Bertz CT molecular complexity index is 549. The molecule has 0 radical (unpaired) electrons. The summed E-state index contributed by atoms with van der Waals surface area (Å²) in [6, 6.07) is 9.96. The van der Waals surface area contributed by atoms with Gasteiger partial charge in [0.25, 0.3) is 0 Å². The summed E-state index contributed by atoms with van der Waals surface area (Å²) in [7, 11) is 0. The van der Waals surface area contributed by atoms with Gasteiger partial charge in [-0.3, -0.25) is 0 Å². The quantitative estimate of drug-likeness (QED) is 0.838. The van der Waals surface area contributed by atoms with E-state index in [0.717, 1.165) is 29.6 Å². The maximum atomic E-state index is 6.61. The number of benzene rings is 1. The van der Waals surface area contributed by atoms with E-state index >= 15 is 0 Å². The summed E-state index contributed by atoms with van der Waals surface area (Å²) in [6.45, 7) is 2.76. The topological polar surface area (TPSA) is 48.4 Å². The first-order chi connectivity index (χ1) is 10.2. The van der Waals surface area contributed by atoms with Gasteiger partial charge in [-0.1, -0.05) is 43.9 Å². The Morgan fingerprint density at radius 2 is 1.90 bits per heavy atom. The third-order valence-electron chi connectivity index (χ3n) is 4.70. The van der Waals surface area contributed by atoms with Crippen LogP contribution in [0.25, 0.3) is 11.0 Å². The minimum atomic E-state index is -0.265. The molecule has 1 aromatic carbocycles. The molecule has 3 heteroatoms. The smallest absolute Gasteiger partial charge is 0.134 e. The zero-order valence-corrected chi connectivity index (χ0v) is 12.8. The van der Waals surface area contributed by atoms with Crippen LogP contribution in [0.15, 0.2) is 34.7 Å². The monoisotopic (exact) mass is 287 g/mol. The molecule has 0 aliphatic heterocycles. The van der Waals surface area contributed by atoms with E-state index in [4.69, 9.17) is 14.9 Å². The predicted molar refractivity (Wildman–Crippen MR) is 85.2 cm³/mol. The first kappa shape index (κ1) is 14.6. The average Bonchev–Trinajstić information content (AvgIpc) is 2.79. The van der Waals surface area contributed by atoms with Gasteiger partial charge in [0.1, 0.15) is 11.3 Å². The zero-order chi connectivity index (χ0) is 14.7. The van der Waals surface area contributed by atoms with E-state index in [1.54, 1.807) is 0 Å². The average molecular weight is 287 g/mol. The number of ether oxygens (including phenoxy) is 1. The highest BCUT2D eigenvalue weighted by atomic mass is 16.5. The first-order valence-electron chi connectivity index (χ1n) is 8.13. The van der Waals surface area contributed by atoms with E-state index in [9.17, 15) is 0 Å². The van der Waals surface area contributed by atoms with Crippen LogP contribution < -0.4 is 5.73 Å². The molecule has 1 unspecified atom stereocenters. The Labute approximate surface area is 126 Å². The van der Waals surface area contributed by atoms with Gasteiger partial charge < -0.3 is 14.9 Å². The molecule has 1 saturated carbocycles. The van der Waals surface area contributed by atoms with Crippen LogP contribution in [0.3, 0.4) is 0 Å². The van der Waals surface area contributed by atoms with Crippen LogP contribution in [0.1, 0.15) is 57.3 Å². The molecule has 2 aromatic rings. The van der Waals surface area contributed by atoms with E-state index < -0.39 is 0 Å². The van der Waals surface area contributed by atoms with E-state index in [2.05, 4.69) is 19.1 Å². The molecule has 3 rings (SSSR count). The molecule has 0 spiro atoms. The van der Waals surface area contributed by atoms with Crippen molar-refractivity contribution in [1.29, 1.82) is 0 Å². The zero-order valence-electron chi connectivity index (χ0n) is 12.8. The molecule has 1 heterocycles. The van der Waals surface area contributed by atoms with E-state index in [1.165, 1.54) is 25.7 Å². The Morgan fingerprint density at radius 3 is 2.57 bits per heavy atom. The number of hydrogen-bond acceptors (Lipinski definition) is 3. The largest absolute Gasteiger partial charge is 0.459 e. The molecule has 0 bridgehead atoms. The SMILES string of the molecule is CCOC1(C(N)c2cc3ccccc3o2)CCCCCC1. The number of nitrogens with two attached hydrogens (primary N) is 1. The Kier molecular flexibility index (Phi) is 4.32. The summed E-state index contributed by atoms with van der Waals surface area (Å²) >= 11 is 0. The molecule has 21 heavy (non-hydrogen) atoms. The minimum Gasteiger partial charge on any atom is -0.459 e. The van der Waals surface area contributed by atoms with Crippen molar-refractivity contribution in [3.05, 3.63) is 36.1 Å². The Hall–Kier alpha value is -1.32. The van der Waals surface area contributed by atoms with Crippen LogP contribution in [-0.4, -0.2) is 12.2 Å². The van der Waals surface area contributed by atoms with Gasteiger partial charge in [0.2, 0.25) is 0 Å². The molecular weight excluding hydrogens is 262 g/mol. The lowest BCUT2D eigenvalue weighted by Crippen LogP contribution is -2.43. The molecule has 1 atom stereocenters. The van der Waals surface area contributed by atoms with Gasteiger partial charge >= 0.3 is 0 Å². The molecule has 0 saturated heterocycles. The summed E-state index contributed by atoms with van der Waals surface area (Å²) in [5, 5.41) is 1.11. The van der Waals surface area contributed by atoms with Crippen molar-refractivity contribution in [2.24, 2.45) is 5.73 Å². The van der Waals surface area contributed by atoms with Crippen molar-refractivity contribution in [3.63, 3.8) is 0 Å². The molecule has 1 aromatic heterocycles. The first-order valence-corrected chi connectivity index (χ1v) is 8.13. The maximum absolute atomic E-state index is 6.61. The third kappa shape index (κ3) is 2.85. The highest BCUT2D eigenvalue weighted by Gasteiger charge is 2.40. The summed E-state index contributed by atoms with van der Waals surface area (Å²) in [6.07, 6.45) is 6.99. The van der Waals surface area contributed by atoms with Crippen LogP contribution in [0, 0.1) is 0 Å². The molecule has 1 aliphatic rings. The number of hydrogen-bond donors (Lipinski definition) is 1. The van der Waals surface area contributed by atoms with E-state index in [0.29, 0.717) is 6.61 Å². The maximum Gasteiger partial charge on any atom is 0.134 e. The number of para-hydroxylation sites is 1. The fourth-order valence-corrected chi connectivity index (χ4v) is 3.57. The van der Waals surface area contributed by atoms with Gasteiger partial charge in [-0.2, -0.15) is 0 Å². The fraction of sp³-hybridized carbons (Fsp3) is 0.556. The molecule has 1 fully saturated rings. The second-order valence-electron chi connectivity index (χ2n) is 6.08. The molecule has 1 aliphatic carbocycles. The van der Waals surface area contributed by atoms with Gasteiger partial charge in [0, 0.05) is 12.0 Å². The summed E-state index contributed by atoms with van der Waals surface area (Å²) in [4.78, 5) is 0. The van der Waals surface area contributed by atoms with Crippen molar-refractivity contribution in [2.45, 2.75) is 57.1 Å². The van der Waals surface area contributed by atoms with Gasteiger partial charge in [-0.05, 0) is 31.9 Å². The van der Waals surface area contributed by atoms with Gasteiger partial charge in [-0.15, -0.1) is 0 Å². The predicted octanol–water partition coefficient (Wildman–Crippen LogP) is 4.56. The second kappa shape index (κ2) is 6.20. The van der Waals surface area contributed by atoms with E-state index in [1.807, 2.05) is 18.2 Å². The highest BCUT2D eigenvalue weighted by Crippen LogP contribution is 2.40. The lowest BCUT2D eigenvalue weighted by molar-refractivity contribution is -0.0731. The molecule has 0 amide bonds. The van der Waals surface area contributed by atoms with Crippen molar-refractivity contribution >= 4 is 11.0 Å². The molecule has 3 nitrogen and oxygen atoms in total. The van der Waals surface area contributed by atoms with Gasteiger partial charge in [0.15, 0.2) is 0 Å². The van der Waals surface area contributed by atoms with Crippen molar-refractivity contribution < 1.29 is 9.15 Å². The molecule has 2 N–H and O–H groups in total. The normalized spacial score (nSPS) is 20.3. The molecular formula is C18H25NO2. The lowest BCUT2D eigenvalue weighted by atomic mass is 9.85. The lowest BCUT2D eigenvalue weighted by Gasteiger charge is -2.37. The van der Waals surface area contributed by atoms with Crippen LogP contribution in [-0.2, 0) is 4.74 Å². The van der Waals surface area contributed by atoms with Crippen molar-refractivity contribution in [2.75, 3.05) is 6.61 Å². The third-order valence-corrected chi connectivity index (χ3v) is 4.70.